The molecule has 3 aromatic rings. The number of esters is 3. The number of fused-ring (bicyclic) bond motifs is 2. The maximum absolute atomic E-state index is 13.3. The van der Waals surface area contributed by atoms with Crippen LogP contribution in [0.3, 0.4) is 0 Å². The highest BCUT2D eigenvalue weighted by Crippen LogP contribution is 2.33. The van der Waals surface area contributed by atoms with Crippen molar-refractivity contribution >= 4 is 58.3 Å². The normalized spacial score (nSPS) is 13.3. The molecule has 274 valence electrons. The van der Waals surface area contributed by atoms with E-state index in [1.54, 1.807) is 45.2 Å². The van der Waals surface area contributed by atoms with Crippen LogP contribution in [0.2, 0.25) is 0 Å². The van der Waals surface area contributed by atoms with Crippen LogP contribution in [-0.2, 0) is 39.9 Å². The van der Waals surface area contributed by atoms with Crippen molar-refractivity contribution in [3.05, 3.63) is 35.7 Å². The van der Waals surface area contributed by atoms with E-state index in [-0.39, 0.29) is 74.9 Å². The average molecular weight is 710 g/mol. The Morgan fingerprint density at radius 2 is 1.61 bits per heavy atom. The maximum atomic E-state index is 13.3. The van der Waals surface area contributed by atoms with Crippen LogP contribution in [0.15, 0.2) is 24.4 Å². The van der Waals surface area contributed by atoms with Gasteiger partial charge in [-0.25, -0.2) is 19.6 Å². The number of hydrogen-bond donors (Lipinski definition) is 4. The molecule has 0 fully saturated rings. The Balaban J connectivity index is 1.37. The van der Waals surface area contributed by atoms with Gasteiger partial charge in [0.25, 0.3) is 5.91 Å². The number of aromatic nitrogens is 4. The molecule has 0 radical (unpaired) electrons. The van der Waals surface area contributed by atoms with Gasteiger partial charge in [-0.05, 0) is 58.2 Å². The van der Waals surface area contributed by atoms with Crippen LogP contribution < -0.4 is 31.7 Å². The SMILES string of the molecule is CCOC(=O)CCC(NC(=O)CCCC(NC(=O)c1ccc2c(c1)OCCN2Cc1cnc2nc(N)nc(N)c2n1)C(=O)OCC)C(=O)OCC. The summed E-state index contributed by atoms with van der Waals surface area (Å²) in [6.07, 6.45) is 1.68. The molecule has 0 aliphatic carbocycles. The van der Waals surface area contributed by atoms with Crippen LogP contribution in [0.4, 0.5) is 17.5 Å². The largest absolute Gasteiger partial charge is 0.490 e. The van der Waals surface area contributed by atoms with Crippen LogP contribution in [0, 0.1) is 0 Å². The molecule has 6 N–H and O–H groups in total. The van der Waals surface area contributed by atoms with Crippen molar-refractivity contribution in [2.75, 3.05) is 49.3 Å². The van der Waals surface area contributed by atoms with Crippen molar-refractivity contribution in [2.45, 2.75) is 71.5 Å². The number of benzene rings is 1. The van der Waals surface area contributed by atoms with Gasteiger partial charge in [0.2, 0.25) is 11.9 Å². The van der Waals surface area contributed by atoms with Crippen molar-refractivity contribution in [2.24, 2.45) is 0 Å². The first kappa shape index (κ1) is 38.0. The highest BCUT2D eigenvalue weighted by Gasteiger charge is 2.27. The number of nitrogens with zero attached hydrogens (tertiary/aromatic N) is 5. The van der Waals surface area contributed by atoms with Gasteiger partial charge in [-0.1, -0.05) is 0 Å². The Morgan fingerprint density at radius 1 is 0.902 bits per heavy atom. The summed E-state index contributed by atoms with van der Waals surface area (Å²) in [7, 11) is 0. The summed E-state index contributed by atoms with van der Waals surface area (Å²) in [4.78, 5) is 81.9. The molecule has 51 heavy (non-hydrogen) atoms. The lowest BCUT2D eigenvalue weighted by Gasteiger charge is -2.31. The fourth-order valence-electron chi connectivity index (χ4n) is 5.29. The molecule has 1 aliphatic heterocycles. The minimum absolute atomic E-state index is 0.00515. The lowest BCUT2D eigenvalue weighted by atomic mass is 10.1. The van der Waals surface area contributed by atoms with Crippen LogP contribution in [0.5, 0.6) is 5.75 Å². The van der Waals surface area contributed by atoms with E-state index in [9.17, 15) is 24.0 Å². The molecule has 2 unspecified atom stereocenters. The lowest BCUT2D eigenvalue weighted by molar-refractivity contribution is -0.149. The molecule has 0 saturated carbocycles. The third-order valence-corrected chi connectivity index (χ3v) is 7.66. The van der Waals surface area contributed by atoms with Crippen LogP contribution in [0.1, 0.15) is 68.9 Å². The quantitative estimate of drug-likeness (QED) is 0.113. The van der Waals surface area contributed by atoms with Crippen LogP contribution in [-0.4, -0.2) is 94.7 Å². The molecular formula is C33H43N9O9. The molecule has 4 rings (SSSR count). The number of nitrogen functional groups attached to an aromatic ring is 2. The molecule has 2 aromatic heterocycles. The van der Waals surface area contributed by atoms with Gasteiger partial charge in [0.05, 0.1) is 50.5 Å². The zero-order chi connectivity index (χ0) is 36.9. The van der Waals surface area contributed by atoms with Crippen molar-refractivity contribution in [3.63, 3.8) is 0 Å². The number of nitrogens with one attached hydrogen (secondary N) is 2. The number of amides is 2. The first-order valence-electron chi connectivity index (χ1n) is 16.7. The Morgan fingerprint density at radius 3 is 2.31 bits per heavy atom. The van der Waals surface area contributed by atoms with Gasteiger partial charge in [0, 0.05) is 18.4 Å². The highest BCUT2D eigenvalue weighted by molar-refractivity contribution is 5.98. The van der Waals surface area contributed by atoms with Crippen molar-refractivity contribution in [1.29, 1.82) is 0 Å². The predicted octanol–water partition coefficient (Wildman–Crippen LogP) is 1.21. The van der Waals surface area contributed by atoms with Gasteiger partial charge in [-0.2, -0.15) is 9.97 Å². The molecule has 18 heteroatoms. The summed E-state index contributed by atoms with van der Waals surface area (Å²) < 4.78 is 21.0. The van der Waals surface area contributed by atoms with Crippen LogP contribution >= 0.6 is 0 Å². The molecule has 2 atom stereocenters. The second kappa shape index (κ2) is 18.3. The van der Waals surface area contributed by atoms with E-state index >= 15 is 0 Å². The van der Waals surface area contributed by atoms with Gasteiger partial charge in [-0.15, -0.1) is 0 Å². The van der Waals surface area contributed by atoms with Crippen molar-refractivity contribution in [3.8, 4) is 5.75 Å². The standard InChI is InChI=1S/C33H43N9O9/c1-4-48-26(44)13-11-22(32(47)50-6-3)38-25(43)9-7-8-21(31(46)49-5-2)39-30(45)19-10-12-23-24(16-19)51-15-14-42(23)18-20-17-36-29-27(37-20)28(34)40-33(35)41-29/h10,12,16-17,21-22H,4-9,11,13-15,18H2,1-3H3,(H,38,43)(H,39,45)(H4,34,35,36,40,41). The zero-order valence-corrected chi connectivity index (χ0v) is 28.8. The van der Waals surface area contributed by atoms with Crippen LogP contribution in [0.25, 0.3) is 11.2 Å². The Bertz CT molecular complexity index is 1740. The number of rotatable bonds is 17. The summed E-state index contributed by atoms with van der Waals surface area (Å²) in [5.74, 6) is -2.27. The van der Waals surface area contributed by atoms with Gasteiger partial charge in [0.1, 0.15) is 24.4 Å². The molecular weight excluding hydrogens is 666 g/mol. The van der Waals surface area contributed by atoms with Crippen molar-refractivity contribution in [1.82, 2.24) is 30.6 Å². The van der Waals surface area contributed by atoms with E-state index in [0.29, 0.717) is 36.7 Å². The number of hydrogen-bond acceptors (Lipinski definition) is 16. The number of anilines is 3. The molecule has 1 aromatic carbocycles. The fourth-order valence-corrected chi connectivity index (χ4v) is 5.29. The third-order valence-electron chi connectivity index (χ3n) is 7.66. The first-order chi connectivity index (χ1) is 24.5. The van der Waals surface area contributed by atoms with E-state index < -0.39 is 41.8 Å². The fraction of sp³-hybridized carbons (Fsp3) is 0.485. The van der Waals surface area contributed by atoms with Gasteiger partial charge in [-0.3, -0.25) is 14.4 Å². The van der Waals surface area contributed by atoms with Crippen molar-refractivity contribution < 1.29 is 42.9 Å². The second-order valence-electron chi connectivity index (χ2n) is 11.3. The summed E-state index contributed by atoms with van der Waals surface area (Å²) >= 11 is 0. The monoisotopic (exact) mass is 709 g/mol. The molecule has 18 nitrogen and oxygen atoms in total. The average Bonchev–Trinajstić information content (AvgIpc) is 3.10. The summed E-state index contributed by atoms with van der Waals surface area (Å²) in [6.45, 7) is 6.56. The van der Waals surface area contributed by atoms with E-state index in [4.69, 9.17) is 30.4 Å². The summed E-state index contributed by atoms with van der Waals surface area (Å²) in [5.41, 5.74) is 13.8. The molecule has 0 spiro atoms. The number of ether oxygens (including phenoxy) is 4. The summed E-state index contributed by atoms with van der Waals surface area (Å²) in [5, 5.41) is 5.29. The molecule has 2 amide bonds. The number of carbonyl (C=O) groups is 5. The van der Waals surface area contributed by atoms with Gasteiger partial charge in [0.15, 0.2) is 17.0 Å². The van der Waals surface area contributed by atoms with E-state index in [1.165, 1.54) is 0 Å². The Kier molecular flexibility index (Phi) is 13.6. The number of nitrogens with two attached hydrogens (primary N) is 2. The Hall–Kier alpha value is -5.81. The van der Waals surface area contributed by atoms with E-state index in [2.05, 4.69) is 30.6 Å². The van der Waals surface area contributed by atoms with Gasteiger partial charge < -0.3 is 45.9 Å². The maximum Gasteiger partial charge on any atom is 0.328 e. The molecule has 0 bridgehead atoms. The lowest BCUT2D eigenvalue weighted by Crippen LogP contribution is -2.43. The number of carbonyl (C=O) groups excluding carboxylic acids is 5. The topological polar surface area (TPSA) is 253 Å². The molecule has 3 heterocycles. The minimum atomic E-state index is -1.05. The van der Waals surface area contributed by atoms with E-state index in [1.807, 2.05) is 4.90 Å². The second-order valence-corrected chi connectivity index (χ2v) is 11.3. The smallest absolute Gasteiger partial charge is 0.328 e. The first-order valence-corrected chi connectivity index (χ1v) is 16.7. The van der Waals surface area contributed by atoms with E-state index in [0.717, 1.165) is 5.69 Å². The molecule has 1 aliphatic rings. The summed E-state index contributed by atoms with van der Waals surface area (Å²) in [6, 6.07) is 2.83. The predicted molar refractivity (Wildman–Crippen MR) is 183 cm³/mol. The molecule has 0 saturated heterocycles. The zero-order valence-electron chi connectivity index (χ0n) is 28.8. The highest BCUT2D eigenvalue weighted by atomic mass is 16.5. The third kappa shape index (κ3) is 10.6. The Labute approximate surface area is 294 Å². The van der Waals surface area contributed by atoms with Gasteiger partial charge >= 0.3 is 17.9 Å². The minimum Gasteiger partial charge on any atom is -0.490 e.